The summed E-state index contributed by atoms with van der Waals surface area (Å²) in [6.07, 6.45) is 1.59. The van der Waals surface area contributed by atoms with Gasteiger partial charge >= 0.3 is 12.0 Å². The lowest BCUT2D eigenvalue weighted by Gasteiger charge is -2.17. The molecule has 1 aromatic rings. The first kappa shape index (κ1) is 16.8. The fraction of sp³-hybridized carbons (Fsp3) is 0.267. The van der Waals surface area contributed by atoms with Crippen molar-refractivity contribution in [3.05, 3.63) is 34.4 Å². The highest BCUT2D eigenvalue weighted by molar-refractivity contribution is 6.30. The number of hydrogen-bond donors (Lipinski definition) is 2. The molecule has 3 amide bonds. The molecule has 122 valence electrons. The lowest BCUT2D eigenvalue weighted by molar-refractivity contribution is -0.144. The molecule has 1 aliphatic rings. The predicted octanol–water partition coefficient (Wildman–Crippen LogP) is 1.50. The fourth-order valence-corrected chi connectivity index (χ4v) is 2.04. The minimum Gasteiger partial charge on any atom is -0.488 e. The van der Waals surface area contributed by atoms with E-state index >= 15 is 0 Å². The van der Waals surface area contributed by atoms with Crippen LogP contribution in [0.4, 0.5) is 4.79 Å². The van der Waals surface area contributed by atoms with E-state index in [9.17, 15) is 14.4 Å². The number of imide groups is 1. The average molecular weight is 339 g/mol. The summed E-state index contributed by atoms with van der Waals surface area (Å²) in [4.78, 5) is 34.5. The Morgan fingerprint density at radius 1 is 1.35 bits per heavy atom. The van der Waals surface area contributed by atoms with Gasteiger partial charge in [0.1, 0.15) is 12.4 Å². The van der Waals surface area contributed by atoms with E-state index in [4.69, 9.17) is 21.1 Å². The molecule has 0 radical (unpaired) electrons. The smallest absolute Gasteiger partial charge is 0.338 e. The van der Waals surface area contributed by atoms with Gasteiger partial charge in [-0.05, 0) is 31.2 Å². The SMILES string of the molecule is CCNC(=O)NC(=O)COC(=O)C1=Cc2cc(Cl)ccc2OC1. The summed E-state index contributed by atoms with van der Waals surface area (Å²) < 4.78 is 10.3. The second-order valence-electron chi connectivity index (χ2n) is 4.62. The fourth-order valence-electron chi connectivity index (χ4n) is 1.86. The predicted molar refractivity (Wildman–Crippen MR) is 83.1 cm³/mol. The quantitative estimate of drug-likeness (QED) is 0.811. The molecule has 2 rings (SSSR count). The van der Waals surface area contributed by atoms with E-state index in [0.717, 1.165) is 0 Å². The summed E-state index contributed by atoms with van der Waals surface area (Å²) in [5, 5.41) is 4.93. The highest BCUT2D eigenvalue weighted by Gasteiger charge is 2.20. The summed E-state index contributed by atoms with van der Waals surface area (Å²) in [6, 6.07) is 4.40. The number of benzene rings is 1. The van der Waals surface area contributed by atoms with Crippen LogP contribution in [0.1, 0.15) is 12.5 Å². The van der Waals surface area contributed by atoms with Gasteiger partial charge in [-0.25, -0.2) is 9.59 Å². The van der Waals surface area contributed by atoms with E-state index in [1.54, 1.807) is 31.2 Å². The maximum absolute atomic E-state index is 11.9. The van der Waals surface area contributed by atoms with Crippen LogP contribution in [0.15, 0.2) is 23.8 Å². The Labute approximate surface area is 137 Å². The van der Waals surface area contributed by atoms with Gasteiger partial charge < -0.3 is 14.8 Å². The molecule has 0 fully saturated rings. The Balaban J connectivity index is 1.91. The number of fused-ring (bicyclic) bond motifs is 1. The van der Waals surface area contributed by atoms with Crippen molar-refractivity contribution in [2.24, 2.45) is 0 Å². The van der Waals surface area contributed by atoms with Crippen LogP contribution >= 0.6 is 11.6 Å². The van der Waals surface area contributed by atoms with Crippen LogP contribution in [0, 0.1) is 0 Å². The first-order valence-electron chi connectivity index (χ1n) is 6.87. The lowest BCUT2D eigenvalue weighted by Crippen LogP contribution is -2.41. The van der Waals surface area contributed by atoms with E-state index in [2.05, 4.69) is 5.32 Å². The monoisotopic (exact) mass is 338 g/mol. The Bertz CT molecular complexity index is 672. The number of hydrogen-bond acceptors (Lipinski definition) is 5. The first-order chi connectivity index (χ1) is 11.0. The zero-order valence-electron chi connectivity index (χ0n) is 12.3. The van der Waals surface area contributed by atoms with Crippen molar-refractivity contribution in [1.29, 1.82) is 0 Å². The molecule has 0 saturated carbocycles. The van der Waals surface area contributed by atoms with Gasteiger partial charge in [0, 0.05) is 17.1 Å². The third-order valence-electron chi connectivity index (χ3n) is 2.87. The van der Waals surface area contributed by atoms with Crippen molar-refractivity contribution in [3.63, 3.8) is 0 Å². The van der Waals surface area contributed by atoms with E-state index < -0.39 is 24.5 Å². The minimum absolute atomic E-state index is 0.0331. The zero-order chi connectivity index (χ0) is 16.8. The van der Waals surface area contributed by atoms with Crippen molar-refractivity contribution in [2.75, 3.05) is 19.8 Å². The second-order valence-corrected chi connectivity index (χ2v) is 5.06. The van der Waals surface area contributed by atoms with Gasteiger partial charge in [-0.3, -0.25) is 10.1 Å². The van der Waals surface area contributed by atoms with Crippen molar-refractivity contribution >= 4 is 35.6 Å². The lowest BCUT2D eigenvalue weighted by atomic mass is 10.1. The van der Waals surface area contributed by atoms with Gasteiger partial charge in [0.15, 0.2) is 6.61 Å². The van der Waals surface area contributed by atoms with Crippen LogP contribution in [0.25, 0.3) is 6.08 Å². The molecule has 2 N–H and O–H groups in total. The van der Waals surface area contributed by atoms with Gasteiger partial charge in [0.05, 0.1) is 5.57 Å². The first-order valence-corrected chi connectivity index (χ1v) is 7.25. The third kappa shape index (κ3) is 4.72. The molecule has 7 nitrogen and oxygen atoms in total. The maximum atomic E-state index is 11.9. The largest absolute Gasteiger partial charge is 0.488 e. The summed E-state index contributed by atoms with van der Waals surface area (Å²) in [6.45, 7) is 1.57. The molecule has 23 heavy (non-hydrogen) atoms. The molecule has 0 aromatic heterocycles. The number of amides is 3. The van der Waals surface area contributed by atoms with Crippen LogP contribution in [0.2, 0.25) is 5.02 Å². The number of carbonyl (C=O) groups excluding carboxylic acids is 3. The van der Waals surface area contributed by atoms with E-state index in [1.807, 2.05) is 5.32 Å². The Hall–Kier alpha value is -2.54. The van der Waals surface area contributed by atoms with Gasteiger partial charge in [-0.15, -0.1) is 0 Å². The van der Waals surface area contributed by atoms with Gasteiger partial charge in [0.25, 0.3) is 5.91 Å². The van der Waals surface area contributed by atoms with Gasteiger partial charge in [0.2, 0.25) is 0 Å². The molecule has 1 aliphatic heterocycles. The van der Waals surface area contributed by atoms with Crippen LogP contribution in [-0.4, -0.2) is 37.7 Å². The van der Waals surface area contributed by atoms with E-state index in [-0.39, 0.29) is 12.2 Å². The van der Waals surface area contributed by atoms with Gasteiger partial charge in [-0.2, -0.15) is 0 Å². The highest BCUT2D eigenvalue weighted by atomic mass is 35.5. The highest BCUT2D eigenvalue weighted by Crippen LogP contribution is 2.29. The number of halogens is 1. The number of ether oxygens (including phenoxy) is 2. The topological polar surface area (TPSA) is 93.7 Å². The van der Waals surface area contributed by atoms with Crippen molar-refractivity contribution in [2.45, 2.75) is 6.92 Å². The van der Waals surface area contributed by atoms with Gasteiger partial charge in [-0.1, -0.05) is 11.6 Å². The molecule has 0 saturated heterocycles. The molecule has 0 unspecified atom stereocenters. The number of esters is 1. The average Bonchev–Trinajstić information content (AvgIpc) is 2.52. The van der Waals surface area contributed by atoms with Crippen LogP contribution in [0.3, 0.4) is 0 Å². The maximum Gasteiger partial charge on any atom is 0.338 e. The summed E-state index contributed by atoms with van der Waals surface area (Å²) in [5.41, 5.74) is 0.910. The molecule has 1 aromatic carbocycles. The Morgan fingerprint density at radius 3 is 2.87 bits per heavy atom. The van der Waals surface area contributed by atoms with E-state index in [0.29, 0.717) is 22.9 Å². The Kier molecular flexibility index (Phi) is 5.59. The van der Waals surface area contributed by atoms with Crippen molar-refractivity contribution in [1.82, 2.24) is 10.6 Å². The minimum atomic E-state index is -0.718. The summed E-state index contributed by atoms with van der Waals surface area (Å²) in [5.74, 6) is -0.799. The molecular weight excluding hydrogens is 324 g/mol. The van der Waals surface area contributed by atoms with Crippen LogP contribution < -0.4 is 15.4 Å². The summed E-state index contributed by atoms with van der Waals surface area (Å²) in [7, 11) is 0. The number of nitrogens with one attached hydrogen (secondary N) is 2. The Morgan fingerprint density at radius 2 is 2.13 bits per heavy atom. The number of urea groups is 1. The molecule has 0 bridgehead atoms. The molecule has 1 heterocycles. The normalized spacial score (nSPS) is 12.3. The number of rotatable bonds is 4. The number of carbonyl (C=O) groups is 3. The molecule has 0 atom stereocenters. The zero-order valence-corrected chi connectivity index (χ0v) is 13.1. The molecule has 8 heteroatoms. The molecule has 0 aliphatic carbocycles. The standard InChI is InChI=1S/C15H15ClN2O5/c1-2-17-15(21)18-13(19)8-23-14(20)10-5-9-6-11(16)3-4-12(9)22-7-10/h3-6H,2,7-8H2,1H3,(H2,17,18,19,21). The third-order valence-corrected chi connectivity index (χ3v) is 3.11. The molecule has 0 spiro atoms. The second kappa shape index (κ2) is 7.64. The molecular formula is C15H15ClN2O5. The summed E-state index contributed by atoms with van der Waals surface area (Å²) >= 11 is 5.89. The van der Waals surface area contributed by atoms with Crippen molar-refractivity contribution in [3.8, 4) is 5.75 Å². The van der Waals surface area contributed by atoms with Crippen LogP contribution in [0.5, 0.6) is 5.75 Å². The van der Waals surface area contributed by atoms with Crippen molar-refractivity contribution < 1.29 is 23.9 Å². The van der Waals surface area contributed by atoms with E-state index in [1.165, 1.54) is 0 Å². The van der Waals surface area contributed by atoms with Crippen LogP contribution in [-0.2, 0) is 14.3 Å².